The number of aromatic nitrogens is 1. The van der Waals surface area contributed by atoms with Gasteiger partial charge in [-0.25, -0.2) is 4.98 Å². The largest absolute Gasteiger partial charge is 0.481 e. The fourth-order valence-electron chi connectivity index (χ4n) is 5.01. The van der Waals surface area contributed by atoms with Gasteiger partial charge in [0.25, 0.3) is 0 Å². The molecule has 3 fully saturated rings. The van der Waals surface area contributed by atoms with E-state index in [4.69, 9.17) is 0 Å². The number of carbonyl (C=O) groups is 4. The lowest BCUT2D eigenvalue weighted by atomic mass is 9.80. The van der Waals surface area contributed by atoms with E-state index in [2.05, 4.69) is 15.2 Å². The Kier molecular flexibility index (Phi) is 6.67. The molecule has 3 saturated heterocycles. The summed E-state index contributed by atoms with van der Waals surface area (Å²) in [4.78, 5) is 56.1. The van der Waals surface area contributed by atoms with Gasteiger partial charge in [0.2, 0.25) is 17.7 Å². The molecule has 4 rings (SSSR count). The van der Waals surface area contributed by atoms with E-state index < -0.39 is 11.4 Å². The summed E-state index contributed by atoms with van der Waals surface area (Å²) in [7, 11) is 0. The minimum Gasteiger partial charge on any atom is -0.481 e. The molecule has 1 aromatic heterocycles. The van der Waals surface area contributed by atoms with E-state index in [0.717, 1.165) is 37.3 Å². The number of anilines is 1. The molecule has 0 bridgehead atoms. The number of rotatable bonds is 5. The number of aliphatic carboxylic acids is 1. The van der Waals surface area contributed by atoms with Crippen LogP contribution in [0.15, 0.2) is 18.3 Å². The maximum Gasteiger partial charge on any atom is 0.309 e. The molecule has 9 nitrogen and oxygen atoms in total. The lowest BCUT2D eigenvalue weighted by molar-refractivity contribution is -0.153. The van der Waals surface area contributed by atoms with Crippen LogP contribution in [0.4, 0.5) is 5.82 Å². The van der Waals surface area contributed by atoms with Crippen LogP contribution in [0.1, 0.15) is 63.4 Å². The standard InChI is InChI=1S/C24H32N4O5/c1-24(23(32)33)8-12-28(13-9-24)21(30)14-16-6-10-27(11-7-16)19-4-2-17(15-25-19)18-3-5-20(29)26-22(18)31/h2,4,15-16,18H,3,5-14H2,1H3,(H,32,33)(H,26,29,31)/t18-/m1/s1. The average Bonchev–Trinajstić information content (AvgIpc) is 2.80. The normalized spacial score (nSPS) is 23.8. The number of carboxylic acid groups (broad SMARTS) is 1. The number of nitrogens with one attached hydrogen (secondary N) is 1. The first-order valence-corrected chi connectivity index (χ1v) is 11.8. The highest BCUT2D eigenvalue weighted by molar-refractivity contribution is 6.00. The van der Waals surface area contributed by atoms with Gasteiger partial charge in [0.1, 0.15) is 5.82 Å². The molecule has 0 radical (unpaired) electrons. The molecule has 3 amide bonds. The Hall–Kier alpha value is -2.97. The zero-order valence-electron chi connectivity index (χ0n) is 19.1. The van der Waals surface area contributed by atoms with Crippen molar-refractivity contribution in [2.24, 2.45) is 11.3 Å². The summed E-state index contributed by atoms with van der Waals surface area (Å²) in [6, 6.07) is 3.84. The fourth-order valence-corrected chi connectivity index (χ4v) is 5.01. The van der Waals surface area contributed by atoms with Crippen LogP contribution < -0.4 is 10.2 Å². The second kappa shape index (κ2) is 9.49. The average molecular weight is 457 g/mol. The SMILES string of the molecule is CC1(C(=O)O)CCN(C(=O)CC2CCN(c3ccc([C@H]4CCC(=O)NC4=O)cn3)CC2)CC1. The van der Waals surface area contributed by atoms with Crippen molar-refractivity contribution in [1.82, 2.24) is 15.2 Å². The number of likely N-dealkylation sites (tertiary alicyclic amines) is 1. The third kappa shape index (κ3) is 5.17. The molecule has 3 aliphatic heterocycles. The molecular formula is C24H32N4O5. The minimum atomic E-state index is -0.777. The van der Waals surface area contributed by atoms with E-state index in [1.807, 2.05) is 17.0 Å². The van der Waals surface area contributed by atoms with Crippen molar-refractivity contribution in [3.8, 4) is 0 Å². The van der Waals surface area contributed by atoms with Crippen LogP contribution in [-0.2, 0) is 19.2 Å². The summed E-state index contributed by atoms with van der Waals surface area (Å²) in [5.41, 5.74) is 0.104. The second-order valence-corrected chi connectivity index (χ2v) is 9.83. The van der Waals surface area contributed by atoms with Crippen LogP contribution in [0.25, 0.3) is 0 Å². The highest BCUT2D eigenvalue weighted by Gasteiger charge is 2.38. The maximum absolute atomic E-state index is 12.7. The van der Waals surface area contributed by atoms with Gasteiger partial charge in [-0.2, -0.15) is 0 Å². The highest BCUT2D eigenvalue weighted by atomic mass is 16.4. The van der Waals surface area contributed by atoms with Crippen molar-refractivity contribution in [3.05, 3.63) is 23.9 Å². The van der Waals surface area contributed by atoms with Gasteiger partial charge in [-0.05, 0) is 56.6 Å². The zero-order chi connectivity index (χ0) is 23.6. The first kappa shape index (κ1) is 23.2. The Labute approximate surface area is 193 Å². The van der Waals surface area contributed by atoms with E-state index in [-0.39, 0.29) is 23.6 Å². The molecule has 3 aliphatic rings. The van der Waals surface area contributed by atoms with Crippen molar-refractivity contribution in [2.75, 3.05) is 31.1 Å². The van der Waals surface area contributed by atoms with Crippen LogP contribution in [0.5, 0.6) is 0 Å². The molecule has 0 aliphatic carbocycles. The van der Waals surface area contributed by atoms with E-state index in [1.165, 1.54) is 0 Å². The molecule has 2 N–H and O–H groups in total. The molecule has 0 unspecified atom stereocenters. The van der Waals surface area contributed by atoms with Gasteiger partial charge >= 0.3 is 5.97 Å². The summed E-state index contributed by atoms with van der Waals surface area (Å²) in [6.45, 7) is 4.44. The van der Waals surface area contributed by atoms with Crippen molar-refractivity contribution in [2.45, 2.75) is 57.8 Å². The number of nitrogens with zero attached hydrogens (tertiary/aromatic N) is 3. The third-order valence-electron chi connectivity index (χ3n) is 7.55. The van der Waals surface area contributed by atoms with Crippen molar-refractivity contribution >= 4 is 29.5 Å². The number of hydrogen-bond donors (Lipinski definition) is 2. The number of imide groups is 1. The van der Waals surface area contributed by atoms with Crippen LogP contribution in [0.2, 0.25) is 0 Å². The Morgan fingerprint density at radius 1 is 1.12 bits per heavy atom. The molecule has 1 atom stereocenters. The Morgan fingerprint density at radius 2 is 1.82 bits per heavy atom. The minimum absolute atomic E-state index is 0.132. The molecule has 33 heavy (non-hydrogen) atoms. The number of hydrogen-bond acceptors (Lipinski definition) is 6. The van der Waals surface area contributed by atoms with Crippen LogP contribution in [0.3, 0.4) is 0 Å². The maximum atomic E-state index is 12.7. The van der Waals surface area contributed by atoms with Gasteiger partial charge in [-0.15, -0.1) is 0 Å². The molecule has 0 spiro atoms. The Balaban J connectivity index is 1.24. The summed E-state index contributed by atoms with van der Waals surface area (Å²) in [5.74, 6) is -0.268. The number of amides is 3. The Morgan fingerprint density at radius 3 is 2.39 bits per heavy atom. The third-order valence-corrected chi connectivity index (χ3v) is 7.55. The lowest BCUT2D eigenvalue weighted by Crippen LogP contribution is -2.46. The second-order valence-electron chi connectivity index (χ2n) is 9.83. The molecule has 178 valence electrons. The smallest absolute Gasteiger partial charge is 0.309 e. The molecule has 0 saturated carbocycles. The van der Waals surface area contributed by atoms with E-state index in [9.17, 15) is 24.3 Å². The van der Waals surface area contributed by atoms with Gasteiger partial charge in [0, 0.05) is 45.2 Å². The molecule has 0 aromatic carbocycles. The summed E-state index contributed by atoms with van der Waals surface area (Å²) in [6.07, 6.45) is 5.93. The predicted octanol–water partition coefficient (Wildman–Crippen LogP) is 1.92. The summed E-state index contributed by atoms with van der Waals surface area (Å²) >= 11 is 0. The van der Waals surface area contributed by atoms with Crippen molar-refractivity contribution in [3.63, 3.8) is 0 Å². The van der Waals surface area contributed by atoms with Gasteiger partial charge in [-0.1, -0.05) is 6.07 Å². The molecule has 4 heterocycles. The summed E-state index contributed by atoms with van der Waals surface area (Å²) in [5, 5.41) is 11.7. The van der Waals surface area contributed by atoms with E-state index in [0.29, 0.717) is 51.1 Å². The van der Waals surface area contributed by atoms with Crippen molar-refractivity contribution < 1.29 is 24.3 Å². The summed E-state index contributed by atoms with van der Waals surface area (Å²) < 4.78 is 0. The van der Waals surface area contributed by atoms with Gasteiger partial charge < -0.3 is 14.9 Å². The number of piperidine rings is 3. The molecule has 9 heteroatoms. The van der Waals surface area contributed by atoms with Crippen LogP contribution in [0, 0.1) is 11.3 Å². The first-order valence-electron chi connectivity index (χ1n) is 11.8. The van der Waals surface area contributed by atoms with Crippen LogP contribution >= 0.6 is 0 Å². The number of carboxylic acids is 1. The topological polar surface area (TPSA) is 120 Å². The predicted molar refractivity (Wildman–Crippen MR) is 120 cm³/mol. The number of carbonyl (C=O) groups excluding carboxylic acids is 3. The Bertz CT molecular complexity index is 915. The van der Waals surface area contributed by atoms with Gasteiger partial charge in [0.15, 0.2) is 0 Å². The zero-order valence-corrected chi connectivity index (χ0v) is 19.1. The fraction of sp³-hybridized carbons (Fsp3) is 0.625. The monoisotopic (exact) mass is 456 g/mol. The number of pyridine rings is 1. The first-order chi connectivity index (χ1) is 15.7. The van der Waals surface area contributed by atoms with Crippen LogP contribution in [-0.4, -0.2) is 64.9 Å². The molecular weight excluding hydrogens is 424 g/mol. The van der Waals surface area contributed by atoms with Crippen molar-refractivity contribution in [1.29, 1.82) is 0 Å². The lowest BCUT2D eigenvalue weighted by Gasteiger charge is -2.38. The van der Waals surface area contributed by atoms with E-state index in [1.54, 1.807) is 13.1 Å². The van der Waals surface area contributed by atoms with Gasteiger partial charge in [0.05, 0.1) is 11.3 Å². The molecule has 1 aromatic rings. The van der Waals surface area contributed by atoms with Gasteiger partial charge in [-0.3, -0.25) is 24.5 Å². The quantitative estimate of drug-likeness (QED) is 0.650. The van der Waals surface area contributed by atoms with E-state index >= 15 is 0 Å². The highest BCUT2D eigenvalue weighted by Crippen LogP contribution is 2.32.